The third-order valence-electron chi connectivity index (χ3n) is 3.37. The van der Waals surface area contributed by atoms with Crippen LogP contribution in [0.1, 0.15) is 19.8 Å². The Kier molecular flexibility index (Phi) is 3.70. The van der Waals surface area contributed by atoms with Crippen LogP contribution in [-0.4, -0.2) is 42.5 Å². The van der Waals surface area contributed by atoms with Gasteiger partial charge < -0.3 is 5.11 Å². The van der Waals surface area contributed by atoms with Crippen molar-refractivity contribution in [1.29, 1.82) is 0 Å². The predicted octanol–water partition coefficient (Wildman–Crippen LogP) is 0.865. The van der Waals surface area contributed by atoms with Gasteiger partial charge in [0.15, 0.2) is 5.03 Å². The van der Waals surface area contributed by atoms with Crippen molar-refractivity contribution in [2.24, 2.45) is 5.41 Å². The summed E-state index contributed by atoms with van der Waals surface area (Å²) in [4.78, 5) is 3.91. The number of nitrogens with zero attached hydrogens (tertiary/aromatic N) is 2. The van der Waals surface area contributed by atoms with Gasteiger partial charge in [0.2, 0.25) is 0 Å². The number of hydrogen-bond donors (Lipinski definition) is 1. The Bertz CT molecular complexity index is 503. The molecule has 2 heterocycles. The number of piperidine rings is 1. The van der Waals surface area contributed by atoms with Crippen LogP contribution in [0.2, 0.25) is 0 Å². The molecule has 0 spiro atoms. The third-order valence-corrected chi connectivity index (χ3v) is 5.13. The lowest BCUT2D eigenvalue weighted by Crippen LogP contribution is -2.46. The molecule has 18 heavy (non-hydrogen) atoms. The molecule has 0 amide bonds. The van der Waals surface area contributed by atoms with Gasteiger partial charge in [0, 0.05) is 31.3 Å². The number of aliphatic hydroxyl groups is 1. The highest BCUT2D eigenvalue weighted by molar-refractivity contribution is 7.89. The van der Waals surface area contributed by atoms with E-state index < -0.39 is 10.0 Å². The van der Waals surface area contributed by atoms with Crippen molar-refractivity contribution in [1.82, 2.24) is 9.29 Å². The van der Waals surface area contributed by atoms with Crippen LogP contribution in [0.25, 0.3) is 0 Å². The number of pyridine rings is 1. The molecule has 0 aromatic carbocycles. The van der Waals surface area contributed by atoms with Crippen molar-refractivity contribution < 1.29 is 13.5 Å². The monoisotopic (exact) mass is 270 g/mol. The fourth-order valence-electron chi connectivity index (χ4n) is 2.23. The zero-order chi connectivity index (χ0) is 13.2. The number of aromatic nitrogens is 1. The minimum atomic E-state index is -3.53. The Morgan fingerprint density at radius 3 is 2.89 bits per heavy atom. The van der Waals surface area contributed by atoms with E-state index >= 15 is 0 Å². The highest BCUT2D eigenvalue weighted by atomic mass is 32.2. The van der Waals surface area contributed by atoms with Crippen molar-refractivity contribution in [3.8, 4) is 0 Å². The molecular weight excluding hydrogens is 252 g/mol. The molecule has 1 aliphatic rings. The lowest BCUT2D eigenvalue weighted by Gasteiger charge is -2.38. The fourth-order valence-corrected chi connectivity index (χ4v) is 3.79. The second-order valence-corrected chi connectivity index (χ2v) is 6.96. The number of rotatable bonds is 3. The largest absolute Gasteiger partial charge is 0.396 e. The van der Waals surface area contributed by atoms with E-state index in [-0.39, 0.29) is 17.0 Å². The van der Waals surface area contributed by atoms with Crippen LogP contribution < -0.4 is 0 Å². The SMILES string of the molecule is CC1(CO)CCCN(S(=O)(=O)c2ccccn2)C1. The molecule has 2 rings (SSSR count). The molecule has 0 aliphatic carbocycles. The molecule has 0 bridgehead atoms. The predicted molar refractivity (Wildman–Crippen MR) is 67.4 cm³/mol. The molecule has 1 aromatic rings. The molecule has 1 fully saturated rings. The Morgan fingerprint density at radius 2 is 2.28 bits per heavy atom. The van der Waals surface area contributed by atoms with Crippen molar-refractivity contribution in [2.75, 3.05) is 19.7 Å². The van der Waals surface area contributed by atoms with Crippen LogP contribution in [0.15, 0.2) is 29.4 Å². The van der Waals surface area contributed by atoms with E-state index in [2.05, 4.69) is 4.98 Å². The summed E-state index contributed by atoms with van der Waals surface area (Å²) in [7, 11) is -3.53. The maximum Gasteiger partial charge on any atom is 0.260 e. The molecule has 1 saturated heterocycles. The van der Waals surface area contributed by atoms with Gasteiger partial charge in [-0.05, 0) is 25.0 Å². The summed E-state index contributed by atoms with van der Waals surface area (Å²) in [6.07, 6.45) is 3.09. The highest BCUT2D eigenvalue weighted by Crippen LogP contribution is 2.31. The lowest BCUT2D eigenvalue weighted by molar-refractivity contribution is 0.0809. The lowest BCUT2D eigenvalue weighted by atomic mass is 9.84. The first kappa shape index (κ1) is 13.5. The molecule has 100 valence electrons. The second kappa shape index (κ2) is 4.95. The molecule has 1 N–H and O–H groups in total. The van der Waals surface area contributed by atoms with Crippen LogP contribution in [0.3, 0.4) is 0 Å². The summed E-state index contributed by atoms with van der Waals surface area (Å²) in [6.45, 7) is 2.76. The minimum absolute atomic E-state index is 0.00123. The molecular formula is C12H18N2O3S. The second-order valence-electron chi connectivity index (χ2n) is 5.08. The Hall–Kier alpha value is -0.980. The molecule has 0 radical (unpaired) electrons. The zero-order valence-electron chi connectivity index (χ0n) is 10.4. The quantitative estimate of drug-likeness (QED) is 0.884. The first-order valence-electron chi connectivity index (χ1n) is 6.00. The van der Waals surface area contributed by atoms with Crippen LogP contribution in [-0.2, 0) is 10.0 Å². The standard InChI is InChI=1S/C12H18N2O3S/c1-12(10-15)6-4-8-14(9-12)18(16,17)11-5-2-3-7-13-11/h2-3,5,7,15H,4,6,8-10H2,1H3. The number of hydrogen-bond acceptors (Lipinski definition) is 4. The third kappa shape index (κ3) is 2.55. The summed E-state index contributed by atoms with van der Waals surface area (Å²) in [5, 5.41) is 9.44. The Labute approximate surface area is 108 Å². The van der Waals surface area contributed by atoms with Gasteiger partial charge in [-0.1, -0.05) is 13.0 Å². The summed E-state index contributed by atoms with van der Waals surface area (Å²) in [5.41, 5.74) is -0.347. The van der Waals surface area contributed by atoms with Crippen LogP contribution >= 0.6 is 0 Å². The maximum absolute atomic E-state index is 12.4. The molecule has 1 atom stereocenters. The van der Waals surface area contributed by atoms with Gasteiger partial charge in [0.05, 0.1) is 0 Å². The summed E-state index contributed by atoms with van der Waals surface area (Å²) >= 11 is 0. The maximum atomic E-state index is 12.4. The summed E-state index contributed by atoms with van der Waals surface area (Å²) < 4.78 is 26.2. The van der Waals surface area contributed by atoms with E-state index in [0.29, 0.717) is 13.1 Å². The number of aliphatic hydroxyl groups excluding tert-OH is 1. The van der Waals surface area contributed by atoms with E-state index in [1.165, 1.54) is 16.6 Å². The van der Waals surface area contributed by atoms with Crippen molar-refractivity contribution in [3.05, 3.63) is 24.4 Å². The smallest absolute Gasteiger partial charge is 0.260 e. The van der Waals surface area contributed by atoms with Gasteiger partial charge in [-0.3, -0.25) is 0 Å². The fraction of sp³-hybridized carbons (Fsp3) is 0.583. The zero-order valence-corrected chi connectivity index (χ0v) is 11.2. The van der Waals surface area contributed by atoms with Crippen LogP contribution in [0.4, 0.5) is 0 Å². The van der Waals surface area contributed by atoms with Crippen molar-refractivity contribution >= 4 is 10.0 Å². The first-order valence-corrected chi connectivity index (χ1v) is 7.44. The van der Waals surface area contributed by atoms with E-state index in [1.807, 2.05) is 6.92 Å². The summed E-state index contributed by atoms with van der Waals surface area (Å²) in [6, 6.07) is 4.85. The molecule has 1 unspecified atom stereocenters. The van der Waals surface area contributed by atoms with Gasteiger partial charge in [-0.2, -0.15) is 4.31 Å². The molecule has 6 heteroatoms. The van der Waals surface area contributed by atoms with Crippen molar-refractivity contribution in [3.63, 3.8) is 0 Å². The first-order chi connectivity index (χ1) is 8.48. The van der Waals surface area contributed by atoms with Gasteiger partial charge >= 0.3 is 0 Å². The molecule has 1 aliphatic heterocycles. The topological polar surface area (TPSA) is 70.5 Å². The normalized spacial score (nSPS) is 26.1. The van der Waals surface area contributed by atoms with E-state index in [9.17, 15) is 13.5 Å². The number of sulfonamides is 1. The Morgan fingerprint density at radius 1 is 1.50 bits per heavy atom. The van der Waals surface area contributed by atoms with Gasteiger partial charge in [0.1, 0.15) is 0 Å². The van der Waals surface area contributed by atoms with Gasteiger partial charge in [-0.15, -0.1) is 0 Å². The van der Waals surface area contributed by atoms with E-state index in [1.54, 1.807) is 12.1 Å². The molecule has 1 aromatic heterocycles. The van der Waals surface area contributed by atoms with Gasteiger partial charge in [0.25, 0.3) is 10.0 Å². The summed E-state index contributed by atoms with van der Waals surface area (Å²) in [5.74, 6) is 0. The van der Waals surface area contributed by atoms with Crippen LogP contribution in [0, 0.1) is 5.41 Å². The molecule has 0 saturated carbocycles. The van der Waals surface area contributed by atoms with E-state index in [0.717, 1.165) is 12.8 Å². The minimum Gasteiger partial charge on any atom is -0.396 e. The average molecular weight is 270 g/mol. The average Bonchev–Trinajstić information content (AvgIpc) is 2.40. The Balaban J connectivity index is 2.26. The molecule has 5 nitrogen and oxygen atoms in total. The van der Waals surface area contributed by atoms with Crippen molar-refractivity contribution in [2.45, 2.75) is 24.8 Å². The van der Waals surface area contributed by atoms with Gasteiger partial charge in [-0.25, -0.2) is 13.4 Å². The van der Waals surface area contributed by atoms with Crippen LogP contribution in [0.5, 0.6) is 0 Å². The van der Waals surface area contributed by atoms with E-state index in [4.69, 9.17) is 0 Å². The highest BCUT2D eigenvalue weighted by Gasteiger charge is 2.36.